The molecule has 0 aliphatic carbocycles. The number of benzene rings is 2. The first kappa shape index (κ1) is 17.7. The van der Waals surface area contributed by atoms with Gasteiger partial charge in [-0.2, -0.15) is 5.10 Å². The van der Waals surface area contributed by atoms with Crippen LogP contribution in [0, 0.1) is 10.1 Å². The number of nitro benzene ring substituents is 1. The highest BCUT2D eigenvalue weighted by atomic mass is 16.6. The number of H-pyrrole nitrogens is 1. The van der Waals surface area contributed by atoms with E-state index < -0.39 is 16.4 Å². The van der Waals surface area contributed by atoms with Crippen molar-refractivity contribution in [1.82, 2.24) is 15.4 Å². The van der Waals surface area contributed by atoms with Crippen molar-refractivity contribution in [2.75, 3.05) is 7.11 Å². The van der Waals surface area contributed by atoms with E-state index in [1.54, 1.807) is 31.4 Å². The van der Waals surface area contributed by atoms with Gasteiger partial charge in [0.2, 0.25) is 5.82 Å². The van der Waals surface area contributed by atoms with Crippen molar-refractivity contribution >= 4 is 28.7 Å². The number of non-ortho nitro benzene ring substituents is 1. The Morgan fingerprint density at radius 1 is 1.30 bits per heavy atom. The highest BCUT2D eigenvalue weighted by molar-refractivity contribution is 5.93. The lowest BCUT2D eigenvalue weighted by Gasteiger charge is -2.02. The van der Waals surface area contributed by atoms with Crippen molar-refractivity contribution in [3.63, 3.8) is 0 Å². The smallest absolute Gasteiger partial charge is 0.307 e. The number of carbonyl (C=O) groups is 1. The van der Waals surface area contributed by atoms with Crippen LogP contribution < -0.4 is 15.7 Å². The first-order chi connectivity index (χ1) is 13.0. The van der Waals surface area contributed by atoms with Gasteiger partial charge >= 0.3 is 5.91 Å². The lowest BCUT2D eigenvalue weighted by atomic mass is 10.2. The highest BCUT2D eigenvalue weighted by Crippen LogP contribution is 2.16. The summed E-state index contributed by atoms with van der Waals surface area (Å²) in [5, 5.41) is 14.6. The van der Waals surface area contributed by atoms with Crippen LogP contribution in [0.25, 0.3) is 10.9 Å². The van der Waals surface area contributed by atoms with Crippen molar-refractivity contribution < 1.29 is 14.5 Å². The van der Waals surface area contributed by atoms with Crippen LogP contribution in [0.4, 0.5) is 5.69 Å². The molecule has 1 aromatic heterocycles. The average molecular weight is 367 g/mol. The number of hydrogen-bond acceptors (Lipinski definition) is 7. The Morgan fingerprint density at radius 3 is 2.70 bits per heavy atom. The molecule has 136 valence electrons. The first-order valence-electron chi connectivity index (χ1n) is 7.64. The molecular weight excluding hydrogens is 354 g/mol. The van der Waals surface area contributed by atoms with Gasteiger partial charge in [0, 0.05) is 12.1 Å². The molecule has 0 radical (unpaired) electrons. The van der Waals surface area contributed by atoms with Gasteiger partial charge in [-0.3, -0.25) is 19.7 Å². The lowest BCUT2D eigenvalue weighted by molar-refractivity contribution is -0.384. The highest BCUT2D eigenvalue weighted by Gasteiger charge is 2.14. The molecule has 3 rings (SSSR count). The van der Waals surface area contributed by atoms with Gasteiger partial charge in [0.15, 0.2) is 0 Å². The van der Waals surface area contributed by atoms with Crippen LogP contribution in [0.3, 0.4) is 0 Å². The Kier molecular flexibility index (Phi) is 4.88. The van der Waals surface area contributed by atoms with Crippen LogP contribution in [0.2, 0.25) is 0 Å². The lowest BCUT2D eigenvalue weighted by Crippen LogP contribution is -2.24. The van der Waals surface area contributed by atoms with Crippen LogP contribution >= 0.6 is 0 Å². The molecule has 0 spiro atoms. The Balaban J connectivity index is 1.78. The largest absolute Gasteiger partial charge is 0.497 e. The molecule has 0 saturated carbocycles. The Morgan fingerprint density at radius 2 is 2.04 bits per heavy atom. The van der Waals surface area contributed by atoms with E-state index in [-0.39, 0.29) is 22.4 Å². The molecule has 0 aliphatic rings. The third-order valence-electron chi connectivity index (χ3n) is 3.61. The molecule has 0 atom stereocenters. The molecule has 1 heterocycles. The summed E-state index contributed by atoms with van der Waals surface area (Å²) in [7, 11) is 1.55. The molecule has 1 amide bonds. The van der Waals surface area contributed by atoms with Gasteiger partial charge in [-0.25, -0.2) is 10.4 Å². The molecule has 3 aromatic rings. The van der Waals surface area contributed by atoms with Gasteiger partial charge in [-0.05, 0) is 35.9 Å². The van der Waals surface area contributed by atoms with Crippen LogP contribution in [0.5, 0.6) is 5.75 Å². The SMILES string of the molecule is COc1ccc(/C=N/NC(=O)c2nc3ccc([N+](=O)[O-])cc3c(=O)[nH]2)cc1. The van der Waals surface area contributed by atoms with Crippen molar-refractivity contribution in [2.24, 2.45) is 5.10 Å². The molecule has 0 saturated heterocycles. The normalized spacial score (nSPS) is 10.9. The number of hydrazone groups is 1. The van der Waals surface area contributed by atoms with E-state index >= 15 is 0 Å². The van der Waals surface area contributed by atoms with Crippen molar-refractivity contribution in [1.29, 1.82) is 0 Å². The standard InChI is InChI=1S/C17H13N5O5/c1-27-12-5-2-10(3-6-12)9-18-21-17(24)15-19-14-7-4-11(22(25)26)8-13(14)16(23)20-15/h2-9H,1H3,(H,21,24)(H,19,20,23)/b18-9+. The number of nitro groups is 1. The number of hydrogen-bond donors (Lipinski definition) is 2. The number of methoxy groups -OCH3 is 1. The third-order valence-corrected chi connectivity index (χ3v) is 3.61. The number of aromatic nitrogens is 2. The van der Waals surface area contributed by atoms with Gasteiger partial charge in [0.05, 0.1) is 29.2 Å². The minimum Gasteiger partial charge on any atom is -0.497 e. The number of ether oxygens (including phenoxy) is 1. The fourth-order valence-corrected chi connectivity index (χ4v) is 2.26. The van der Waals surface area contributed by atoms with Crippen molar-refractivity contribution in [2.45, 2.75) is 0 Å². The molecule has 27 heavy (non-hydrogen) atoms. The van der Waals surface area contributed by atoms with Gasteiger partial charge in [-0.15, -0.1) is 0 Å². The van der Waals surface area contributed by atoms with E-state index in [9.17, 15) is 19.7 Å². The zero-order valence-electron chi connectivity index (χ0n) is 14.0. The number of carbonyl (C=O) groups excluding carboxylic acids is 1. The van der Waals surface area contributed by atoms with Gasteiger partial charge in [0.25, 0.3) is 11.2 Å². The summed E-state index contributed by atoms with van der Waals surface area (Å²) in [6.07, 6.45) is 1.42. The fourth-order valence-electron chi connectivity index (χ4n) is 2.26. The fraction of sp³-hybridized carbons (Fsp3) is 0.0588. The number of aromatic amines is 1. The Hall–Kier alpha value is -4.08. The summed E-state index contributed by atoms with van der Waals surface area (Å²) in [5.41, 5.74) is 2.24. The molecule has 0 fully saturated rings. The van der Waals surface area contributed by atoms with Crippen molar-refractivity contribution in [3.8, 4) is 5.75 Å². The summed E-state index contributed by atoms with van der Waals surface area (Å²) in [5.74, 6) is -0.292. The molecule has 2 aromatic carbocycles. The zero-order valence-corrected chi connectivity index (χ0v) is 14.0. The zero-order chi connectivity index (χ0) is 19.4. The second kappa shape index (κ2) is 7.44. The third kappa shape index (κ3) is 3.95. The number of nitrogens with zero attached hydrogens (tertiary/aromatic N) is 3. The van der Waals surface area contributed by atoms with E-state index in [0.29, 0.717) is 5.75 Å². The maximum atomic E-state index is 12.1. The molecule has 0 unspecified atom stereocenters. The van der Waals surface area contributed by atoms with Crippen LogP contribution in [-0.2, 0) is 0 Å². The molecule has 10 nitrogen and oxygen atoms in total. The number of nitrogens with one attached hydrogen (secondary N) is 2. The summed E-state index contributed by atoms with van der Waals surface area (Å²) in [4.78, 5) is 40.7. The Labute approximate surface area is 151 Å². The second-order valence-corrected chi connectivity index (χ2v) is 5.35. The molecule has 10 heteroatoms. The number of amides is 1. The minimum atomic E-state index is -0.725. The molecule has 0 bridgehead atoms. The summed E-state index contributed by atoms with van der Waals surface area (Å²) in [6.45, 7) is 0. The number of rotatable bonds is 5. The van der Waals surface area contributed by atoms with E-state index in [1.807, 2.05) is 0 Å². The predicted molar refractivity (Wildman–Crippen MR) is 97.1 cm³/mol. The van der Waals surface area contributed by atoms with Gasteiger partial charge in [-0.1, -0.05) is 0 Å². The van der Waals surface area contributed by atoms with E-state index in [4.69, 9.17) is 4.74 Å². The van der Waals surface area contributed by atoms with E-state index in [1.165, 1.54) is 18.3 Å². The molecule has 0 aliphatic heterocycles. The number of fused-ring (bicyclic) bond motifs is 1. The van der Waals surface area contributed by atoms with Gasteiger partial charge in [0.1, 0.15) is 5.75 Å². The van der Waals surface area contributed by atoms with Crippen molar-refractivity contribution in [3.05, 3.63) is 74.3 Å². The first-order valence-corrected chi connectivity index (χ1v) is 7.64. The summed E-state index contributed by atoms with van der Waals surface area (Å²) in [6, 6.07) is 10.6. The van der Waals surface area contributed by atoms with E-state index in [0.717, 1.165) is 11.6 Å². The van der Waals surface area contributed by atoms with E-state index in [2.05, 4.69) is 20.5 Å². The molecular formula is C17H13N5O5. The van der Waals surface area contributed by atoms with Crippen LogP contribution in [-0.4, -0.2) is 34.1 Å². The van der Waals surface area contributed by atoms with Crippen LogP contribution in [0.1, 0.15) is 16.2 Å². The maximum Gasteiger partial charge on any atom is 0.307 e. The summed E-state index contributed by atoms with van der Waals surface area (Å²) >= 11 is 0. The minimum absolute atomic E-state index is 0.0162. The van der Waals surface area contributed by atoms with Gasteiger partial charge < -0.3 is 9.72 Å². The van der Waals surface area contributed by atoms with Crippen LogP contribution in [0.15, 0.2) is 52.4 Å². The summed E-state index contributed by atoms with van der Waals surface area (Å²) < 4.78 is 5.04. The monoisotopic (exact) mass is 367 g/mol. The quantitative estimate of drug-likeness (QED) is 0.399. The molecule has 2 N–H and O–H groups in total. The topological polar surface area (TPSA) is 140 Å². The maximum absolute atomic E-state index is 12.1. The Bertz CT molecular complexity index is 1100. The predicted octanol–water partition coefficient (Wildman–Crippen LogP) is 1.60. The second-order valence-electron chi connectivity index (χ2n) is 5.35. The average Bonchev–Trinajstić information content (AvgIpc) is 2.68.